The number of nitrogens with one attached hydrogen (secondary N) is 1. The Bertz CT molecular complexity index is 690. The van der Waals surface area contributed by atoms with Crippen molar-refractivity contribution in [3.63, 3.8) is 0 Å². The molecule has 0 spiro atoms. The molecule has 1 aromatic rings. The molecule has 1 saturated carbocycles. The second kappa shape index (κ2) is 9.96. The highest BCUT2D eigenvalue weighted by Crippen LogP contribution is 2.37. The number of hydrogen-bond donors (Lipinski definition) is 3. The molecule has 162 valence electrons. The molecule has 3 unspecified atom stereocenters. The van der Waals surface area contributed by atoms with Gasteiger partial charge in [0.15, 0.2) is 0 Å². The summed E-state index contributed by atoms with van der Waals surface area (Å²) < 4.78 is 31.7. The molecule has 3 aliphatic rings. The van der Waals surface area contributed by atoms with E-state index in [1.807, 2.05) is 24.0 Å². The first-order valence-electron chi connectivity index (χ1n) is 9.69. The molecule has 1 aromatic carbocycles. The average molecular weight is 416 g/mol. The van der Waals surface area contributed by atoms with E-state index in [-0.39, 0.29) is 11.7 Å². The van der Waals surface area contributed by atoms with E-state index in [9.17, 15) is 23.1 Å². The molecule has 1 amide bonds. The van der Waals surface area contributed by atoms with Crippen LogP contribution in [0.2, 0.25) is 0 Å². The molecule has 3 N–H and O–H groups in total. The lowest BCUT2D eigenvalue weighted by Crippen LogP contribution is -2.41. The lowest BCUT2D eigenvalue weighted by Gasteiger charge is -2.34. The molecule has 0 radical (unpaired) electrons. The summed E-state index contributed by atoms with van der Waals surface area (Å²) in [6.07, 6.45) is -1.58. The van der Waals surface area contributed by atoms with E-state index in [1.54, 1.807) is 12.1 Å². The van der Waals surface area contributed by atoms with Gasteiger partial charge in [-0.15, -0.1) is 0 Å². The predicted octanol–water partition coefficient (Wildman–Crippen LogP) is 3.01. The Morgan fingerprint density at radius 3 is 2.34 bits per heavy atom. The molecule has 1 aliphatic carbocycles. The van der Waals surface area contributed by atoms with Crippen molar-refractivity contribution in [3.8, 4) is 5.75 Å². The second-order valence-electron chi connectivity index (χ2n) is 7.53. The van der Waals surface area contributed by atoms with Crippen molar-refractivity contribution in [2.45, 2.75) is 38.9 Å². The van der Waals surface area contributed by atoms with E-state index in [0.29, 0.717) is 24.3 Å². The predicted molar refractivity (Wildman–Crippen MR) is 100 cm³/mol. The molecule has 9 heteroatoms. The average Bonchev–Trinajstić information content (AvgIpc) is 3.02. The number of alkyl halides is 3. The van der Waals surface area contributed by atoms with Gasteiger partial charge in [0.25, 0.3) is 0 Å². The standard InChI is InChI=1S/C18H26N2O2.C2HF3O2/c1-2-20(12-13-4-7-16(21)8-5-13)18(22)17-9-14-3-6-15(17)11-19-10-14;3-2(4,5)1(6)7/h4-5,7-8,14-15,17,19,21H,2-3,6,9-12H2,1H3;(H,6,7). The van der Waals surface area contributed by atoms with Gasteiger partial charge in [0, 0.05) is 19.0 Å². The van der Waals surface area contributed by atoms with Crippen LogP contribution in [0.3, 0.4) is 0 Å². The van der Waals surface area contributed by atoms with Gasteiger partial charge in [-0.3, -0.25) is 4.79 Å². The Labute approximate surface area is 167 Å². The van der Waals surface area contributed by atoms with E-state index in [4.69, 9.17) is 9.90 Å². The van der Waals surface area contributed by atoms with Gasteiger partial charge in [-0.2, -0.15) is 13.2 Å². The van der Waals surface area contributed by atoms with Gasteiger partial charge < -0.3 is 20.4 Å². The highest BCUT2D eigenvalue weighted by molar-refractivity contribution is 5.79. The number of rotatable bonds is 4. The van der Waals surface area contributed by atoms with Gasteiger partial charge in [-0.05, 0) is 68.8 Å². The first-order chi connectivity index (χ1) is 13.6. The molecule has 2 heterocycles. The van der Waals surface area contributed by atoms with Crippen LogP contribution < -0.4 is 5.32 Å². The zero-order chi connectivity index (χ0) is 21.6. The highest BCUT2D eigenvalue weighted by atomic mass is 19.4. The molecule has 2 aliphatic heterocycles. The number of carbonyl (C=O) groups excluding carboxylic acids is 1. The van der Waals surface area contributed by atoms with E-state index >= 15 is 0 Å². The molecule has 3 atom stereocenters. The Hall–Kier alpha value is -2.29. The van der Waals surface area contributed by atoms with Crippen molar-refractivity contribution in [1.29, 1.82) is 0 Å². The van der Waals surface area contributed by atoms with Gasteiger partial charge >= 0.3 is 12.1 Å². The van der Waals surface area contributed by atoms with Crippen LogP contribution in [0.25, 0.3) is 0 Å². The van der Waals surface area contributed by atoms with Gasteiger partial charge in [0.05, 0.1) is 0 Å². The number of benzene rings is 1. The lowest BCUT2D eigenvalue weighted by molar-refractivity contribution is -0.192. The topological polar surface area (TPSA) is 89.9 Å². The van der Waals surface area contributed by atoms with Crippen molar-refractivity contribution >= 4 is 11.9 Å². The Balaban J connectivity index is 0.000000370. The summed E-state index contributed by atoms with van der Waals surface area (Å²) in [5.41, 5.74) is 1.07. The van der Waals surface area contributed by atoms with E-state index < -0.39 is 12.1 Å². The summed E-state index contributed by atoms with van der Waals surface area (Å²) in [5.74, 6) is -0.822. The van der Waals surface area contributed by atoms with Crippen LogP contribution in [-0.2, 0) is 16.1 Å². The van der Waals surface area contributed by atoms with Crippen LogP contribution in [0, 0.1) is 17.8 Å². The van der Waals surface area contributed by atoms with E-state index in [1.165, 1.54) is 12.8 Å². The smallest absolute Gasteiger partial charge is 0.490 e. The third-order valence-corrected chi connectivity index (χ3v) is 5.50. The van der Waals surface area contributed by atoms with Crippen LogP contribution in [-0.4, -0.2) is 52.8 Å². The number of hydrogen-bond acceptors (Lipinski definition) is 4. The Kier molecular flexibility index (Phi) is 7.89. The maximum absolute atomic E-state index is 13.0. The number of phenols is 1. The summed E-state index contributed by atoms with van der Waals surface area (Å²) >= 11 is 0. The molecule has 6 nitrogen and oxygen atoms in total. The molecule has 29 heavy (non-hydrogen) atoms. The number of fused-ring (bicyclic) bond motifs is 4. The normalized spacial score (nSPS) is 23.5. The molecule has 2 saturated heterocycles. The molecule has 0 aromatic heterocycles. The number of carboxylic acid groups (broad SMARTS) is 1. The molecule has 4 rings (SSSR count). The highest BCUT2D eigenvalue weighted by Gasteiger charge is 2.39. The van der Waals surface area contributed by atoms with Crippen LogP contribution >= 0.6 is 0 Å². The summed E-state index contributed by atoms with van der Waals surface area (Å²) in [5, 5.41) is 20.0. The minimum absolute atomic E-state index is 0.186. The fraction of sp³-hybridized carbons (Fsp3) is 0.600. The summed E-state index contributed by atoms with van der Waals surface area (Å²) in [4.78, 5) is 23.9. The number of phenolic OH excluding ortho intramolecular Hbond substituents is 1. The monoisotopic (exact) mass is 416 g/mol. The second-order valence-corrected chi connectivity index (χ2v) is 7.53. The van der Waals surface area contributed by atoms with Gasteiger partial charge in [0.2, 0.25) is 5.91 Å². The lowest BCUT2D eigenvalue weighted by atomic mass is 9.75. The minimum atomic E-state index is -5.08. The molecule has 2 bridgehead atoms. The van der Waals surface area contributed by atoms with Gasteiger partial charge in [0.1, 0.15) is 5.75 Å². The summed E-state index contributed by atoms with van der Waals surface area (Å²) in [6, 6.07) is 7.16. The van der Waals surface area contributed by atoms with Gasteiger partial charge in [-0.1, -0.05) is 12.1 Å². The third kappa shape index (κ3) is 6.62. The number of carboxylic acids is 1. The molecular formula is C20H27F3N2O4. The summed E-state index contributed by atoms with van der Waals surface area (Å²) in [7, 11) is 0. The largest absolute Gasteiger partial charge is 0.508 e. The fourth-order valence-corrected chi connectivity index (χ4v) is 3.93. The molecular weight excluding hydrogens is 389 g/mol. The number of carbonyl (C=O) groups is 2. The minimum Gasteiger partial charge on any atom is -0.508 e. The van der Waals surface area contributed by atoms with Crippen molar-refractivity contribution < 1.29 is 33.0 Å². The van der Waals surface area contributed by atoms with E-state index in [0.717, 1.165) is 31.6 Å². The molecule has 3 fully saturated rings. The van der Waals surface area contributed by atoms with E-state index in [2.05, 4.69) is 5.32 Å². The van der Waals surface area contributed by atoms with Gasteiger partial charge in [-0.25, -0.2) is 4.79 Å². The number of nitrogens with zero attached hydrogens (tertiary/aromatic N) is 1. The van der Waals surface area contributed by atoms with Crippen LogP contribution in [0.4, 0.5) is 13.2 Å². The SMILES string of the molecule is CCN(Cc1ccc(O)cc1)C(=O)C1CC2CCC1CNC2.O=C(O)C(F)(F)F. The number of aromatic hydroxyl groups is 1. The number of halogens is 3. The Morgan fingerprint density at radius 1 is 1.17 bits per heavy atom. The van der Waals surface area contributed by atoms with Crippen molar-refractivity contribution in [2.75, 3.05) is 19.6 Å². The van der Waals surface area contributed by atoms with Crippen LogP contribution in [0.15, 0.2) is 24.3 Å². The third-order valence-electron chi connectivity index (χ3n) is 5.50. The van der Waals surface area contributed by atoms with Crippen molar-refractivity contribution in [3.05, 3.63) is 29.8 Å². The van der Waals surface area contributed by atoms with Crippen LogP contribution in [0.1, 0.15) is 31.7 Å². The van der Waals surface area contributed by atoms with Crippen molar-refractivity contribution in [1.82, 2.24) is 10.2 Å². The zero-order valence-electron chi connectivity index (χ0n) is 16.3. The first kappa shape index (κ1) is 23.0. The zero-order valence-corrected chi connectivity index (χ0v) is 16.3. The Morgan fingerprint density at radius 2 is 1.79 bits per heavy atom. The maximum Gasteiger partial charge on any atom is 0.490 e. The van der Waals surface area contributed by atoms with Crippen molar-refractivity contribution in [2.24, 2.45) is 17.8 Å². The maximum atomic E-state index is 13.0. The first-order valence-corrected chi connectivity index (χ1v) is 9.69. The number of aliphatic carboxylic acids is 1. The summed E-state index contributed by atoms with van der Waals surface area (Å²) in [6.45, 7) is 5.48. The van der Waals surface area contributed by atoms with Crippen LogP contribution in [0.5, 0.6) is 5.75 Å². The fourth-order valence-electron chi connectivity index (χ4n) is 3.93. The number of amides is 1. The quantitative estimate of drug-likeness (QED) is 0.702.